The first-order valence-electron chi connectivity index (χ1n) is 5.47. The smallest absolute Gasteiger partial charge is 0.244 e. The van der Waals surface area contributed by atoms with Crippen LogP contribution < -0.4 is 4.72 Å². The van der Waals surface area contributed by atoms with Gasteiger partial charge in [-0.05, 0) is 27.2 Å². The molecule has 1 aliphatic heterocycles. The van der Waals surface area contributed by atoms with E-state index in [2.05, 4.69) is 14.9 Å². The number of aromatic amines is 1. The zero-order valence-corrected chi connectivity index (χ0v) is 11.0. The molecule has 2 rings (SSSR count). The van der Waals surface area contributed by atoms with Gasteiger partial charge < -0.3 is 4.74 Å². The first-order valence-corrected chi connectivity index (χ1v) is 6.96. The Balaban J connectivity index is 2.31. The van der Waals surface area contributed by atoms with Crippen LogP contribution in [0.15, 0.2) is 4.90 Å². The van der Waals surface area contributed by atoms with Gasteiger partial charge in [-0.1, -0.05) is 0 Å². The van der Waals surface area contributed by atoms with E-state index in [0.717, 1.165) is 0 Å². The van der Waals surface area contributed by atoms with Crippen molar-refractivity contribution in [2.45, 2.75) is 37.6 Å². The SMILES string of the molecule is Cc1n[nH]c(C)c1S(=O)(=O)NC1(C)CCOC1. The van der Waals surface area contributed by atoms with Crippen LogP contribution in [0.4, 0.5) is 0 Å². The Morgan fingerprint density at radius 3 is 2.65 bits per heavy atom. The average molecular weight is 259 g/mol. The molecule has 1 saturated heterocycles. The van der Waals surface area contributed by atoms with E-state index in [1.807, 2.05) is 6.92 Å². The summed E-state index contributed by atoms with van der Waals surface area (Å²) in [5, 5.41) is 6.58. The van der Waals surface area contributed by atoms with E-state index in [0.29, 0.717) is 31.0 Å². The summed E-state index contributed by atoms with van der Waals surface area (Å²) in [5.41, 5.74) is 0.518. The van der Waals surface area contributed by atoms with Crippen molar-refractivity contribution in [3.05, 3.63) is 11.4 Å². The summed E-state index contributed by atoms with van der Waals surface area (Å²) in [7, 11) is -3.54. The third kappa shape index (κ3) is 2.36. The number of hydrogen-bond acceptors (Lipinski definition) is 4. The molecule has 0 aromatic carbocycles. The largest absolute Gasteiger partial charge is 0.379 e. The lowest BCUT2D eigenvalue weighted by atomic mass is 10.0. The minimum Gasteiger partial charge on any atom is -0.379 e. The normalized spacial score (nSPS) is 25.4. The summed E-state index contributed by atoms with van der Waals surface area (Å²) in [6.07, 6.45) is 0.683. The zero-order chi connectivity index (χ0) is 12.7. The van der Waals surface area contributed by atoms with Gasteiger partial charge in [-0.25, -0.2) is 13.1 Å². The van der Waals surface area contributed by atoms with Crippen LogP contribution in [0.2, 0.25) is 0 Å². The molecule has 2 N–H and O–H groups in total. The second-order valence-corrected chi connectivity index (χ2v) is 6.35. The van der Waals surface area contributed by atoms with Crippen molar-refractivity contribution >= 4 is 10.0 Å². The van der Waals surface area contributed by atoms with Crippen LogP contribution in [-0.4, -0.2) is 37.4 Å². The molecule has 1 unspecified atom stereocenters. The number of nitrogens with zero attached hydrogens (tertiary/aromatic N) is 1. The van der Waals surface area contributed by atoms with E-state index < -0.39 is 15.6 Å². The third-order valence-electron chi connectivity index (χ3n) is 2.93. The van der Waals surface area contributed by atoms with Crippen molar-refractivity contribution in [2.75, 3.05) is 13.2 Å². The Bertz CT molecular complexity index is 495. The Morgan fingerprint density at radius 2 is 2.18 bits per heavy atom. The molecule has 1 aliphatic rings. The molecule has 1 atom stereocenters. The monoisotopic (exact) mass is 259 g/mol. The van der Waals surface area contributed by atoms with Gasteiger partial charge in [-0.3, -0.25) is 5.10 Å². The van der Waals surface area contributed by atoms with Gasteiger partial charge >= 0.3 is 0 Å². The van der Waals surface area contributed by atoms with E-state index in [1.54, 1.807) is 13.8 Å². The topological polar surface area (TPSA) is 84.1 Å². The first kappa shape index (κ1) is 12.5. The van der Waals surface area contributed by atoms with Crippen LogP contribution in [-0.2, 0) is 14.8 Å². The molecule has 1 fully saturated rings. The van der Waals surface area contributed by atoms with Gasteiger partial charge in [0.2, 0.25) is 10.0 Å². The molecule has 0 aliphatic carbocycles. The Kier molecular flexibility index (Phi) is 3.01. The maximum atomic E-state index is 12.3. The molecule has 0 bridgehead atoms. The zero-order valence-electron chi connectivity index (χ0n) is 10.2. The Labute approximate surface area is 101 Å². The van der Waals surface area contributed by atoms with Crippen LogP contribution >= 0.6 is 0 Å². The van der Waals surface area contributed by atoms with E-state index in [-0.39, 0.29) is 4.90 Å². The maximum Gasteiger partial charge on any atom is 0.244 e. The van der Waals surface area contributed by atoms with Crippen molar-refractivity contribution in [3.63, 3.8) is 0 Å². The molecule has 2 heterocycles. The summed E-state index contributed by atoms with van der Waals surface area (Å²) in [4.78, 5) is 0.241. The van der Waals surface area contributed by atoms with Crippen LogP contribution in [0.1, 0.15) is 24.7 Å². The minimum absolute atomic E-state index is 0.241. The van der Waals surface area contributed by atoms with Crippen molar-refractivity contribution in [1.82, 2.24) is 14.9 Å². The average Bonchev–Trinajstić information content (AvgIpc) is 2.73. The molecule has 6 nitrogen and oxygen atoms in total. The van der Waals surface area contributed by atoms with Crippen molar-refractivity contribution in [1.29, 1.82) is 0 Å². The second-order valence-electron chi connectivity index (χ2n) is 4.73. The fraction of sp³-hybridized carbons (Fsp3) is 0.700. The van der Waals surface area contributed by atoms with E-state index >= 15 is 0 Å². The Morgan fingerprint density at radius 1 is 1.47 bits per heavy atom. The van der Waals surface area contributed by atoms with Crippen molar-refractivity contribution < 1.29 is 13.2 Å². The first-order chi connectivity index (χ1) is 7.84. The number of rotatable bonds is 3. The highest BCUT2D eigenvalue weighted by atomic mass is 32.2. The summed E-state index contributed by atoms with van der Waals surface area (Å²) in [6.45, 7) is 6.21. The highest BCUT2D eigenvalue weighted by Gasteiger charge is 2.36. The van der Waals surface area contributed by atoms with Crippen LogP contribution in [0.5, 0.6) is 0 Å². The molecule has 7 heteroatoms. The molecule has 1 aromatic heterocycles. The number of sulfonamides is 1. The number of aromatic nitrogens is 2. The number of nitrogens with one attached hydrogen (secondary N) is 2. The molecular weight excluding hydrogens is 242 g/mol. The van der Waals surface area contributed by atoms with E-state index in [9.17, 15) is 8.42 Å². The lowest BCUT2D eigenvalue weighted by molar-refractivity contribution is 0.178. The fourth-order valence-electron chi connectivity index (χ4n) is 2.06. The highest BCUT2D eigenvalue weighted by Crippen LogP contribution is 2.23. The summed E-state index contributed by atoms with van der Waals surface area (Å²) >= 11 is 0. The lowest BCUT2D eigenvalue weighted by Crippen LogP contribution is -2.46. The molecule has 17 heavy (non-hydrogen) atoms. The van der Waals surface area contributed by atoms with Gasteiger partial charge in [0.1, 0.15) is 4.90 Å². The summed E-state index contributed by atoms with van der Waals surface area (Å²) < 4.78 is 32.5. The summed E-state index contributed by atoms with van der Waals surface area (Å²) in [5.74, 6) is 0. The van der Waals surface area contributed by atoms with Crippen LogP contribution in [0, 0.1) is 13.8 Å². The van der Waals surface area contributed by atoms with E-state index in [1.165, 1.54) is 0 Å². The molecule has 0 spiro atoms. The van der Waals surface area contributed by atoms with Gasteiger partial charge in [0.05, 0.1) is 23.5 Å². The van der Waals surface area contributed by atoms with Crippen molar-refractivity contribution in [3.8, 4) is 0 Å². The number of aryl methyl sites for hydroxylation is 2. The minimum atomic E-state index is -3.54. The van der Waals surface area contributed by atoms with E-state index in [4.69, 9.17) is 4.74 Å². The predicted octanol–water partition coefficient (Wildman–Crippen LogP) is 0.484. The predicted molar refractivity (Wildman–Crippen MR) is 62.2 cm³/mol. The number of hydrogen-bond donors (Lipinski definition) is 2. The van der Waals surface area contributed by atoms with Crippen molar-refractivity contribution in [2.24, 2.45) is 0 Å². The second kappa shape index (κ2) is 4.08. The third-order valence-corrected chi connectivity index (χ3v) is 4.83. The molecule has 0 radical (unpaired) electrons. The molecule has 1 aromatic rings. The number of ether oxygens (including phenoxy) is 1. The van der Waals surface area contributed by atoms with Gasteiger partial charge in [0.25, 0.3) is 0 Å². The van der Waals surface area contributed by atoms with Gasteiger partial charge in [0.15, 0.2) is 0 Å². The highest BCUT2D eigenvalue weighted by molar-refractivity contribution is 7.89. The van der Waals surface area contributed by atoms with Crippen LogP contribution in [0.3, 0.4) is 0 Å². The molecular formula is C10H17N3O3S. The standard InChI is InChI=1S/C10H17N3O3S/c1-7-9(8(2)12-11-7)17(14,15)13-10(3)4-5-16-6-10/h13H,4-6H2,1-3H3,(H,11,12). The van der Waals surface area contributed by atoms with Crippen LogP contribution in [0.25, 0.3) is 0 Å². The molecule has 0 saturated carbocycles. The molecule has 0 amide bonds. The summed E-state index contributed by atoms with van der Waals surface area (Å²) in [6, 6.07) is 0. The number of H-pyrrole nitrogens is 1. The quantitative estimate of drug-likeness (QED) is 0.827. The van der Waals surface area contributed by atoms with Gasteiger partial charge in [-0.15, -0.1) is 0 Å². The molecule has 96 valence electrons. The fourth-order valence-corrected chi connectivity index (χ4v) is 3.85. The van der Waals surface area contributed by atoms with Gasteiger partial charge in [0, 0.05) is 6.61 Å². The van der Waals surface area contributed by atoms with Gasteiger partial charge in [-0.2, -0.15) is 5.10 Å². The Hall–Kier alpha value is -0.920. The maximum absolute atomic E-state index is 12.3. The lowest BCUT2D eigenvalue weighted by Gasteiger charge is -2.23.